The minimum Gasteiger partial charge on any atom is -0.265 e. The number of thioether (sulfide) groups is 1. The molecular weight excluding hydrogens is 146 g/mol. The molecule has 0 N–H and O–H groups in total. The molecule has 10 heavy (non-hydrogen) atoms. The molecule has 0 aliphatic carbocycles. The van der Waals surface area contributed by atoms with E-state index in [0.29, 0.717) is 0 Å². The van der Waals surface area contributed by atoms with Gasteiger partial charge in [0.25, 0.3) is 0 Å². The van der Waals surface area contributed by atoms with Gasteiger partial charge in [-0.05, 0) is 19.1 Å². The highest BCUT2D eigenvalue weighted by atomic mass is 32.2. The predicted octanol–water partition coefficient (Wildman–Crippen LogP) is 1.95. The first-order chi connectivity index (χ1) is 4.79. The molecule has 0 fully saturated rings. The Morgan fingerprint density at radius 1 is 1.50 bits per heavy atom. The van der Waals surface area contributed by atoms with Crippen molar-refractivity contribution in [1.29, 1.82) is 0 Å². The Morgan fingerprint density at radius 2 is 2.10 bits per heavy atom. The maximum Gasteiger partial charge on any atom is 0.140 e. The van der Waals surface area contributed by atoms with E-state index in [4.69, 9.17) is 0 Å². The maximum absolute atomic E-state index is 10.6. The van der Waals surface area contributed by atoms with Crippen molar-refractivity contribution in [2.24, 2.45) is 0 Å². The summed E-state index contributed by atoms with van der Waals surface area (Å²) in [5.74, 6) is 0. The van der Waals surface area contributed by atoms with Crippen molar-refractivity contribution in [2.75, 3.05) is 0 Å². The monoisotopic (exact) mass is 154 g/mol. The summed E-state index contributed by atoms with van der Waals surface area (Å²) in [6, 6.07) is 3.66. The smallest absolute Gasteiger partial charge is 0.140 e. The van der Waals surface area contributed by atoms with Crippen molar-refractivity contribution in [3.63, 3.8) is 0 Å². The SMILES string of the molecule is CC([O])Sc1ccncc1. The van der Waals surface area contributed by atoms with E-state index in [1.54, 1.807) is 19.3 Å². The number of aromatic nitrogens is 1. The second kappa shape index (κ2) is 3.58. The van der Waals surface area contributed by atoms with Crippen molar-refractivity contribution in [2.45, 2.75) is 17.3 Å². The molecule has 1 rings (SSSR count). The van der Waals surface area contributed by atoms with Gasteiger partial charge in [0.15, 0.2) is 0 Å². The summed E-state index contributed by atoms with van der Waals surface area (Å²) in [6.07, 6.45) is 3.37. The van der Waals surface area contributed by atoms with Gasteiger partial charge in [-0.25, -0.2) is 5.11 Å². The van der Waals surface area contributed by atoms with Crippen LogP contribution in [0.1, 0.15) is 6.92 Å². The van der Waals surface area contributed by atoms with E-state index < -0.39 is 5.44 Å². The normalized spacial score (nSPS) is 13.0. The lowest BCUT2D eigenvalue weighted by atomic mass is 10.5. The maximum atomic E-state index is 10.6. The highest BCUT2D eigenvalue weighted by Crippen LogP contribution is 2.19. The van der Waals surface area contributed by atoms with E-state index in [0.717, 1.165) is 4.90 Å². The van der Waals surface area contributed by atoms with E-state index in [1.807, 2.05) is 12.1 Å². The molecule has 1 radical (unpaired) electrons. The molecule has 1 heterocycles. The van der Waals surface area contributed by atoms with Crippen molar-refractivity contribution in [3.8, 4) is 0 Å². The Hall–Kier alpha value is -0.540. The number of pyridine rings is 1. The first-order valence-corrected chi connectivity index (χ1v) is 3.89. The fourth-order valence-corrected chi connectivity index (χ4v) is 1.27. The van der Waals surface area contributed by atoms with Crippen LogP contribution < -0.4 is 0 Å². The molecule has 2 nitrogen and oxygen atoms in total. The topological polar surface area (TPSA) is 32.8 Å². The van der Waals surface area contributed by atoms with Gasteiger partial charge in [0.05, 0.1) is 0 Å². The van der Waals surface area contributed by atoms with Crippen LogP contribution >= 0.6 is 11.8 Å². The summed E-state index contributed by atoms with van der Waals surface area (Å²) in [6.45, 7) is 1.63. The van der Waals surface area contributed by atoms with Gasteiger partial charge >= 0.3 is 0 Å². The van der Waals surface area contributed by atoms with Crippen LogP contribution in [0.4, 0.5) is 0 Å². The summed E-state index contributed by atoms with van der Waals surface area (Å²) in [4.78, 5) is 4.82. The Bertz CT molecular complexity index is 188. The van der Waals surface area contributed by atoms with Gasteiger partial charge in [-0.1, -0.05) is 11.8 Å². The van der Waals surface area contributed by atoms with E-state index >= 15 is 0 Å². The molecule has 0 spiro atoms. The van der Waals surface area contributed by atoms with Gasteiger partial charge in [0, 0.05) is 17.3 Å². The van der Waals surface area contributed by atoms with Crippen LogP contribution in [0, 0.1) is 0 Å². The molecule has 0 aromatic carbocycles. The molecule has 0 aliphatic heterocycles. The summed E-state index contributed by atoms with van der Waals surface area (Å²) >= 11 is 1.30. The highest BCUT2D eigenvalue weighted by Gasteiger charge is 1.98. The summed E-state index contributed by atoms with van der Waals surface area (Å²) in [5, 5.41) is 10.6. The first-order valence-electron chi connectivity index (χ1n) is 3.01. The molecule has 53 valence electrons. The third kappa shape index (κ3) is 2.37. The van der Waals surface area contributed by atoms with Crippen LogP contribution in [0.15, 0.2) is 29.4 Å². The second-order valence-corrected chi connectivity index (χ2v) is 3.24. The fraction of sp³-hybridized carbons (Fsp3) is 0.286. The van der Waals surface area contributed by atoms with Gasteiger partial charge in [0.2, 0.25) is 0 Å². The lowest BCUT2D eigenvalue weighted by Gasteiger charge is -1.99. The van der Waals surface area contributed by atoms with E-state index in [-0.39, 0.29) is 0 Å². The van der Waals surface area contributed by atoms with Gasteiger partial charge in [-0.3, -0.25) is 4.98 Å². The average molecular weight is 154 g/mol. The zero-order valence-corrected chi connectivity index (χ0v) is 6.47. The molecule has 0 amide bonds. The molecule has 0 bridgehead atoms. The van der Waals surface area contributed by atoms with Crippen LogP contribution in [0.2, 0.25) is 0 Å². The molecule has 0 saturated heterocycles. The summed E-state index contributed by atoms with van der Waals surface area (Å²) in [5.41, 5.74) is -0.595. The predicted molar refractivity (Wildman–Crippen MR) is 40.2 cm³/mol. The van der Waals surface area contributed by atoms with Gasteiger partial charge in [-0.2, -0.15) is 0 Å². The Balaban J connectivity index is 2.59. The molecular formula is C7H8NOS. The van der Waals surface area contributed by atoms with Crippen molar-refractivity contribution >= 4 is 11.8 Å². The van der Waals surface area contributed by atoms with E-state index in [2.05, 4.69) is 4.98 Å². The lowest BCUT2D eigenvalue weighted by molar-refractivity contribution is 0.181. The third-order valence-electron chi connectivity index (χ3n) is 0.952. The van der Waals surface area contributed by atoms with Crippen LogP contribution in [0.5, 0.6) is 0 Å². The Labute approximate surface area is 64.3 Å². The minimum atomic E-state index is -0.595. The molecule has 1 atom stereocenters. The standard InChI is InChI=1S/C7H8NOS/c1-6(9)10-7-2-4-8-5-3-7/h2-6H,1H3. The average Bonchev–Trinajstić information content (AvgIpc) is 1.88. The Morgan fingerprint density at radius 3 is 2.60 bits per heavy atom. The van der Waals surface area contributed by atoms with Crippen molar-refractivity contribution < 1.29 is 5.11 Å². The number of hydrogen-bond acceptors (Lipinski definition) is 2. The largest absolute Gasteiger partial charge is 0.265 e. The fourth-order valence-electron chi connectivity index (χ4n) is 0.608. The van der Waals surface area contributed by atoms with Crippen LogP contribution in [-0.4, -0.2) is 10.4 Å². The quantitative estimate of drug-likeness (QED) is 0.481. The number of rotatable bonds is 2. The zero-order chi connectivity index (χ0) is 7.40. The third-order valence-corrected chi connectivity index (χ3v) is 1.83. The van der Waals surface area contributed by atoms with Gasteiger partial charge in [-0.15, -0.1) is 0 Å². The van der Waals surface area contributed by atoms with E-state index in [1.165, 1.54) is 11.8 Å². The highest BCUT2D eigenvalue weighted by molar-refractivity contribution is 7.99. The molecule has 1 aromatic heterocycles. The number of hydrogen-bond donors (Lipinski definition) is 0. The van der Waals surface area contributed by atoms with Crippen LogP contribution in [0.25, 0.3) is 0 Å². The van der Waals surface area contributed by atoms with Crippen LogP contribution in [0.3, 0.4) is 0 Å². The molecule has 0 aliphatic rings. The van der Waals surface area contributed by atoms with Gasteiger partial charge in [0.1, 0.15) is 5.44 Å². The lowest BCUT2D eigenvalue weighted by Crippen LogP contribution is -1.87. The van der Waals surface area contributed by atoms with Crippen molar-refractivity contribution in [3.05, 3.63) is 24.5 Å². The first kappa shape index (κ1) is 7.57. The zero-order valence-electron chi connectivity index (χ0n) is 5.65. The number of nitrogens with zero attached hydrogens (tertiary/aromatic N) is 1. The molecule has 1 unspecified atom stereocenters. The van der Waals surface area contributed by atoms with Gasteiger partial charge < -0.3 is 0 Å². The molecule has 3 heteroatoms. The summed E-state index contributed by atoms with van der Waals surface area (Å²) < 4.78 is 0. The molecule has 1 aromatic rings. The minimum absolute atomic E-state index is 0.595. The second-order valence-electron chi connectivity index (χ2n) is 1.87. The summed E-state index contributed by atoms with van der Waals surface area (Å²) in [7, 11) is 0. The Kier molecular flexibility index (Phi) is 2.71. The van der Waals surface area contributed by atoms with Crippen LogP contribution in [-0.2, 0) is 5.11 Å². The van der Waals surface area contributed by atoms with Crippen molar-refractivity contribution in [1.82, 2.24) is 4.98 Å². The van der Waals surface area contributed by atoms with E-state index in [9.17, 15) is 5.11 Å². The molecule has 0 saturated carbocycles.